The molecule has 0 radical (unpaired) electrons. The van der Waals surface area contributed by atoms with Crippen LogP contribution in [0.4, 0.5) is 5.69 Å². The van der Waals surface area contributed by atoms with Gasteiger partial charge in [-0.1, -0.05) is 23.4 Å². The van der Waals surface area contributed by atoms with Crippen LogP contribution >= 0.6 is 11.3 Å². The zero-order valence-electron chi connectivity index (χ0n) is 16.4. The molecular weight excluding hydrogens is 428 g/mol. The molecule has 1 aromatic carbocycles. The van der Waals surface area contributed by atoms with Gasteiger partial charge >= 0.3 is 0 Å². The summed E-state index contributed by atoms with van der Waals surface area (Å²) in [4.78, 5) is 19.9. The summed E-state index contributed by atoms with van der Waals surface area (Å²) in [5.74, 6) is 0.761. The van der Waals surface area contributed by atoms with Gasteiger partial charge in [0.15, 0.2) is 6.10 Å². The number of nitrogens with zero attached hydrogens (tertiary/aromatic N) is 4. The zero-order valence-corrected chi connectivity index (χ0v) is 18.0. The Kier molecular flexibility index (Phi) is 5.48. The third kappa shape index (κ3) is 4.03. The predicted octanol–water partition coefficient (Wildman–Crippen LogP) is 2.37. The molecule has 0 N–H and O–H groups in total. The summed E-state index contributed by atoms with van der Waals surface area (Å²) in [6.45, 7) is 2.19. The molecular formula is C19H20N4O5S2. The molecule has 0 spiro atoms. The monoisotopic (exact) mass is 448 g/mol. The molecule has 0 unspecified atom stereocenters. The Balaban J connectivity index is 1.54. The number of hydrogen-bond donors (Lipinski definition) is 0. The third-order valence-corrected chi connectivity index (χ3v) is 6.65. The summed E-state index contributed by atoms with van der Waals surface area (Å²) in [7, 11) is -3.58. The highest BCUT2D eigenvalue weighted by Crippen LogP contribution is 2.35. The number of aromatic nitrogens is 2. The maximum absolute atomic E-state index is 13.1. The number of rotatable bonds is 6. The summed E-state index contributed by atoms with van der Waals surface area (Å²) in [5.41, 5.74) is 0.421. The van der Waals surface area contributed by atoms with Crippen molar-refractivity contribution < 1.29 is 22.5 Å². The van der Waals surface area contributed by atoms with Crippen LogP contribution in [0.2, 0.25) is 0 Å². The van der Waals surface area contributed by atoms with E-state index in [4.69, 9.17) is 9.26 Å². The van der Waals surface area contributed by atoms with Crippen molar-refractivity contribution in [3.8, 4) is 16.5 Å². The van der Waals surface area contributed by atoms with E-state index >= 15 is 0 Å². The van der Waals surface area contributed by atoms with E-state index in [-0.39, 0.29) is 19.0 Å². The Morgan fingerprint density at radius 3 is 2.80 bits per heavy atom. The second-order valence-electron chi connectivity index (χ2n) is 6.71. The molecule has 0 saturated carbocycles. The molecule has 0 bridgehead atoms. The van der Waals surface area contributed by atoms with Gasteiger partial charge in [0.1, 0.15) is 12.3 Å². The van der Waals surface area contributed by atoms with Gasteiger partial charge in [0.25, 0.3) is 5.91 Å². The topological polar surface area (TPSA) is 106 Å². The maximum atomic E-state index is 13.1. The van der Waals surface area contributed by atoms with Gasteiger partial charge in [-0.2, -0.15) is 4.98 Å². The van der Waals surface area contributed by atoms with Crippen molar-refractivity contribution in [2.24, 2.45) is 0 Å². The number of amides is 1. The third-order valence-electron chi connectivity index (χ3n) is 4.64. The Labute approximate surface area is 177 Å². The van der Waals surface area contributed by atoms with Crippen LogP contribution in [0.25, 0.3) is 10.7 Å². The van der Waals surface area contributed by atoms with Crippen LogP contribution in [-0.2, 0) is 21.4 Å². The fraction of sp³-hybridized carbons (Fsp3) is 0.316. The van der Waals surface area contributed by atoms with Gasteiger partial charge in [0.05, 0.1) is 23.4 Å². The normalized spacial score (nSPS) is 16.1. The number of fused-ring (bicyclic) bond motifs is 1. The van der Waals surface area contributed by atoms with Gasteiger partial charge in [-0.05, 0) is 30.5 Å². The zero-order chi connectivity index (χ0) is 21.3. The second kappa shape index (κ2) is 8.07. The van der Waals surface area contributed by atoms with E-state index in [2.05, 4.69) is 10.1 Å². The summed E-state index contributed by atoms with van der Waals surface area (Å²) >= 11 is 1.49. The molecule has 0 fully saturated rings. The maximum Gasteiger partial charge on any atom is 0.266 e. The average Bonchev–Trinajstić information content (AvgIpc) is 3.41. The molecule has 1 aliphatic heterocycles. The van der Waals surface area contributed by atoms with E-state index in [1.54, 1.807) is 24.3 Å². The molecule has 11 heteroatoms. The molecule has 0 saturated heterocycles. The van der Waals surface area contributed by atoms with E-state index in [1.165, 1.54) is 20.5 Å². The number of likely N-dealkylation sites (N-methyl/N-ethyl adjacent to an activating group) is 1. The highest BCUT2D eigenvalue weighted by molar-refractivity contribution is 7.92. The highest BCUT2D eigenvalue weighted by atomic mass is 32.2. The number of benzene rings is 1. The second-order valence-corrected chi connectivity index (χ2v) is 9.56. The lowest BCUT2D eigenvalue weighted by molar-refractivity contribution is -0.139. The van der Waals surface area contributed by atoms with Crippen molar-refractivity contribution in [2.75, 3.05) is 23.7 Å². The Morgan fingerprint density at radius 2 is 2.10 bits per heavy atom. The standard InChI is InChI=1S/C19H20N4O5S2/c1-3-22(12-17-20-18(21-28-17)16-9-6-10-29-16)19(24)15-11-23(30(2,25)26)13-7-4-5-8-14(13)27-15/h4-10,15H,3,11-12H2,1-2H3/t15-/m0/s1. The molecule has 4 rings (SSSR count). The molecule has 9 nitrogen and oxygen atoms in total. The fourth-order valence-corrected chi connectivity index (χ4v) is 4.75. The minimum absolute atomic E-state index is 0.102. The van der Waals surface area contributed by atoms with E-state index in [9.17, 15) is 13.2 Å². The van der Waals surface area contributed by atoms with Gasteiger partial charge < -0.3 is 14.2 Å². The van der Waals surface area contributed by atoms with Gasteiger partial charge in [-0.3, -0.25) is 9.10 Å². The fourth-order valence-electron chi connectivity index (χ4n) is 3.18. The van der Waals surface area contributed by atoms with Crippen molar-refractivity contribution >= 4 is 33.0 Å². The first kappa shape index (κ1) is 20.4. The van der Waals surface area contributed by atoms with Crippen LogP contribution in [0.1, 0.15) is 12.8 Å². The van der Waals surface area contributed by atoms with E-state index < -0.39 is 16.1 Å². The Morgan fingerprint density at radius 1 is 1.30 bits per heavy atom. The Bertz CT molecular complexity index is 1140. The largest absolute Gasteiger partial charge is 0.476 e. The van der Waals surface area contributed by atoms with Gasteiger partial charge in [0.2, 0.25) is 21.7 Å². The van der Waals surface area contributed by atoms with E-state index in [1.807, 2.05) is 24.4 Å². The smallest absolute Gasteiger partial charge is 0.266 e. The van der Waals surface area contributed by atoms with Gasteiger partial charge in [0, 0.05) is 6.54 Å². The number of hydrogen-bond acceptors (Lipinski definition) is 8. The number of para-hydroxylation sites is 2. The van der Waals surface area contributed by atoms with Crippen molar-refractivity contribution in [1.29, 1.82) is 0 Å². The van der Waals surface area contributed by atoms with Crippen LogP contribution < -0.4 is 9.04 Å². The van der Waals surface area contributed by atoms with E-state index in [0.717, 1.165) is 11.1 Å². The number of carbonyl (C=O) groups excluding carboxylic acids is 1. The first-order valence-corrected chi connectivity index (χ1v) is 12.0. The molecule has 2 aromatic heterocycles. The van der Waals surface area contributed by atoms with Crippen LogP contribution in [-0.4, -0.2) is 54.8 Å². The lowest BCUT2D eigenvalue weighted by Crippen LogP contribution is -2.51. The van der Waals surface area contributed by atoms with Crippen LogP contribution in [0.5, 0.6) is 5.75 Å². The number of thiophene rings is 1. The van der Waals surface area contributed by atoms with Crippen molar-refractivity contribution in [2.45, 2.75) is 19.6 Å². The molecule has 0 aliphatic carbocycles. The highest BCUT2D eigenvalue weighted by Gasteiger charge is 2.37. The van der Waals surface area contributed by atoms with Crippen LogP contribution in [0.15, 0.2) is 46.3 Å². The predicted molar refractivity (Wildman–Crippen MR) is 112 cm³/mol. The van der Waals surface area contributed by atoms with E-state index in [0.29, 0.717) is 29.7 Å². The van der Waals surface area contributed by atoms with Gasteiger partial charge in [-0.25, -0.2) is 8.42 Å². The minimum Gasteiger partial charge on any atom is -0.476 e. The van der Waals surface area contributed by atoms with Crippen molar-refractivity contribution in [3.05, 3.63) is 47.7 Å². The quantitative estimate of drug-likeness (QED) is 0.570. The molecule has 3 heterocycles. The summed E-state index contributed by atoms with van der Waals surface area (Å²) in [6, 6.07) is 10.5. The molecule has 1 amide bonds. The molecule has 1 atom stereocenters. The van der Waals surface area contributed by atoms with Crippen LogP contribution in [0, 0.1) is 0 Å². The van der Waals surface area contributed by atoms with Gasteiger partial charge in [-0.15, -0.1) is 11.3 Å². The number of carbonyl (C=O) groups is 1. The first-order chi connectivity index (χ1) is 14.4. The average molecular weight is 449 g/mol. The first-order valence-electron chi connectivity index (χ1n) is 9.25. The molecule has 3 aromatic rings. The lowest BCUT2D eigenvalue weighted by Gasteiger charge is -2.35. The van der Waals surface area contributed by atoms with Crippen molar-refractivity contribution in [3.63, 3.8) is 0 Å². The summed E-state index contributed by atoms with van der Waals surface area (Å²) in [5, 5.41) is 5.88. The number of anilines is 1. The summed E-state index contributed by atoms with van der Waals surface area (Å²) < 4.78 is 36.9. The van der Waals surface area contributed by atoms with Crippen LogP contribution in [0.3, 0.4) is 0 Å². The number of ether oxygens (including phenoxy) is 1. The van der Waals surface area contributed by atoms with Crippen molar-refractivity contribution in [1.82, 2.24) is 15.0 Å². The minimum atomic E-state index is -3.58. The Hall–Kier alpha value is -2.92. The molecule has 1 aliphatic rings. The lowest BCUT2D eigenvalue weighted by atomic mass is 10.2. The molecule has 158 valence electrons. The SMILES string of the molecule is CCN(Cc1nc(-c2cccs2)no1)C(=O)[C@@H]1CN(S(C)(=O)=O)c2ccccc2O1. The number of sulfonamides is 1. The summed E-state index contributed by atoms with van der Waals surface area (Å²) in [6.07, 6.45) is 0.132. The molecule has 30 heavy (non-hydrogen) atoms.